The minimum Gasteiger partial charge on any atom is -0.497 e. The monoisotopic (exact) mass is 330 g/mol. The number of nitrogens with zero attached hydrogens (tertiary/aromatic N) is 1. The quantitative estimate of drug-likeness (QED) is 0.938. The van der Waals surface area contributed by atoms with Crippen LogP contribution in [0.4, 0.5) is 5.69 Å². The summed E-state index contributed by atoms with van der Waals surface area (Å²) < 4.78 is 5.16. The average Bonchev–Trinajstić information content (AvgIpc) is 3.16. The van der Waals surface area contributed by atoms with Gasteiger partial charge in [0.2, 0.25) is 11.8 Å². The number of hydrogen-bond donors (Lipinski definition) is 1. The molecule has 2 unspecified atom stereocenters. The molecule has 0 bridgehead atoms. The van der Waals surface area contributed by atoms with Gasteiger partial charge in [-0.05, 0) is 23.6 Å². The van der Waals surface area contributed by atoms with E-state index in [4.69, 9.17) is 4.74 Å². The van der Waals surface area contributed by atoms with Crippen LogP contribution < -0.4 is 10.1 Å². The van der Waals surface area contributed by atoms with Gasteiger partial charge >= 0.3 is 0 Å². The molecule has 23 heavy (non-hydrogen) atoms. The predicted octanol–water partition coefficient (Wildman–Crippen LogP) is 2.91. The molecule has 1 aliphatic rings. The molecule has 2 atom stereocenters. The lowest BCUT2D eigenvalue weighted by molar-refractivity contribution is -0.127. The van der Waals surface area contributed by atoms with Crippen LogP contribution in [0.2, 0.25) is 0 Å². The molecule has 0 aliphatic carbocycles. The number of ether oxygens (including phenoxy) is 1. The van der Waals surface area contributed by atoms with Crippen molar-refractivity contribution < 1.29 is 14.3 Å². The Morgan fingerprint density at radius 2 is 2.17 bits per heavy atom. The number of likely N-dealkylation sites (tertiary alicyclic amines) is 1. The number of amides is 2. The van der Waals surface area contributed by atoms with Crippen LogP contribution in [0, 0.1) is 5.92 Å². The van der Waals surface area contributed by atoms with Crippen LogP contribution in [0.15, 0.2) is 41.8 Å². The van der Waals surface area contributed by atoms with Gasteiger partial charge in [-0.25, -0.2) is 0 Å². The lowest BCUT2D eigenvalue weighted by Crippen LogP contribution is -2.29. The summed E-state index contributed by atoms with van der Waals surface area (Å²) >= 11 is 1.57. The molecule has 3 rings (SSSR count). The third kappa shape index (κ3) is 3.07. The standard InChI is InChI=1S/C17H18N2O3S/c1-19-15(20)10-13(16(19)14-7-4-8-23-14)17(21)18-11-5-3-6-12(9-11)22-2/h3-9,13,16H,10H2,1-2H3,(H,18,21). The summed E-state index contributed by atoms with van der Waals surface area (Å²) in [6, 6.07) is 10.9. The molecule has 2 heterocycles. The van der Waals surface area contributed by atoms with Crippen molar-refractivity contribution in [3.63, 3.8) is 0 Å². The zero-order valence-corrected chi connectivity index (χ0v) is 13.8. The first-order chi connectivity index (χ1) is 11.1. The van der Waals surface area contributed by atoms with Crippen molar-refractivity contribution in [3.05, 3.63) is 46.7 Å². The Morgan fingerprint density at radius 1 is 1.35 bits per heavy atom. The zero-order chi connectivity index (χ0) is 16.4. The summed E-state index contributed by atoms with van der Waals surface area (Å²) in [5, 5.41) is 4.86. The summed E-state index contributed by atoms with van der Waals surface area (Å²) in [5.41, 5.74) is 0.668. The van der Waals surface area contributed by atoms with Gasteiger partial charge in [0.25, 0.3) is 0 Å². The van der Waals surface area contributed by atoms with Gasteiger partial charge in [0.15, 0.2) is 0 Å². The molecule has 0 saturated carbocycles. The molecule has 1 aliphatic heterocycles. The van der Waals surface area contributed by atoms with E-state index in [1.54, 1.807) is 42.5 Å². The van der Waals surface area contributed by atoms with Crippen molar-refractivity contribution in [1.29, 1.82) is 0 Å². The second-order valence-corrected chi connectivity index (χ2v) is 6.48. The fourth-order valence-corrected chi connectivity index (χ4v) is 3.82. The summed E-state index contributed by atoms with van der Waals surface area (Å²) in [5.74, 6) is 0.137. The van der Waals surface area contributed by atoms with E-state index < -0.39 is 5.92 Å². The minimum atomic E-state index is -0.391. The maximum atomic E-state index is 12.7. The van der Waals surface area contributed by atoms with Crippen LogP contribution in [0.5, 0.6) is 5.75 Å². The number of thiophene rings is 1. The number of hydrogen-bond acceptors (Lipinski definition) is 4. The molecule has 6 heteroatoms. The van der Waals surface area contributed by atoms with E-state index in [-0.39, 0.29) is 24.3 Å². The number of anilines is 1. The molecular formula is C17H18N2O3S. The molecule has 5 nitrogen and oxygen atoms in total. The van der Waals surface area contributed by atoms with E-state index in [1.807, 2.05) is 29.6 Å². The largest absolute Gasteiger partial charge is 0.497 e. The maximum absolute atomic E-state index is 12.7. The van der Waals surface area contributed by atoms with Gasteiger partial charge in [0.1, 0.15) is 5.75 Å². The number of methoxy groups -OCH3 is 1. The molecule has 1 aromatic carbocycles. The van der Waals surface area contributed by atoms with Gasteiger partial charge in [0, 0.05) is 30.1 Å². The van der Waals surface area contributed by atoms with E-state index in [2.05, 4.69) is 5.32 Å². The highest BCUT2D eigenvalue weighted by Crippen LogP contribution is 2.39. The van der Waals surface area contributed by atoms with Crippen molar-refractivity contribution in [2.24, 2.45) is 5.92 Å². The van der Waals surface area contributed by atoms with E-state index in [1.165, 1.54) is 0 Å². The molecule has 1 saturated heterocycles. The highest BCUT2D eigenvalue weighted by Gasteiger charge is 2.43. The predicted molar refractivity (Wildman–Crippen MR) is 89.6 cm³/mol. The Kier molecular flexibility index (Phi) is 4.34. The Labute approximate surface area is 138 Å². The topological polar surface area (TPSA) is 58.6 Å². The highest BCUT2D eigenvalue weighted by atomic mass is 32.1. The van der Waals surface area contributed by atoms with Crippen LogP contribution in [-0.4, -0.2) is 30.9 Å². The normalized spacial score (nSPS) is 20.6. The van der Waals surface area contributed by atoms with Gasteiger partial charge in [-0.3, -0.25) is 9.59 Å². The molecule has 1 N–H and O–H groups in total. The summed E-state index contributed by atoms with van der Waals surface area (Å²) in [6.07, 6.45) is 0.231. The molecule has 0 spiro atoms. The lowest BCUT2D eigenvalue weighted by Gasteiger charge is -2.23. The maximum Gasteiger partial charge on any atom is 0.230 e. The van der Waals surface area contributed by atoms with Crippen molar-refractivity contribution >= 4 is 28.8 Å². The van der Waals surface area contributed by atoms with Crippen LogP contribution in [0.3, 0.4) is 0 Å². The summed E-state index contributed by atoms with van der Waals surface area (Å²) in [7, 11) is 3.34. The number of nitrogens with one attached hydrogen (secondary N) is 1. The van der Waals surface area contributed by atoms with Crippen LogP contribution in [0.25, 0.3) is 0 Å². The first-order valence-electron chi connectivity index (χ1n) is 7.34. The average molecular weight is 330 g/mol. The fourth-order valence-electron chi connectivity index (χ4n) is 2.89. The third-order valence-corrected chi connectivity index (χ3v) is 5.04. The first kappa shape index (κ1) is 15.6. The van der Waals surface area contributed by atoms with E-state index in [9.17, 15) is 9.59 Å². The second-order valence-electron chi connectivity index (χ2n) is 5.50. The summed E-state index contributed by atoms with van der Waals surface area (Å²) in [4.78, 5) is 27.5. The van der Waals surface area contributed by atoms with E-state index >= 15 is 0 Å². The van der Waals surface area contributed by atoms with Gasteiger partial charge in [-0.1, -0.05) is 12.1 Å². The fraction of sp³-hybridized carbons (Fsp3) is 0.294. The smallest absolute Gasteiger partial charge is 0.230 e. The Morgan fingerprint density at radius 3 is 2.87 bits per heavy atom. The van der Waals surface area contributed by atoms with Crippen molar-refractivity contribution in [2.75, 3.05) is 19.5 Å². The number of carbonyl (C=O) groups excluding carboxylic acids is 2. The molecule has 120 valence electrons. The molecule has 0 radical (unpaired) electrons. The Hall–Kier alpha value is -2.34. The molecular weight excluding hydrogens is 312 g/mol. The van der Waals surface area contributed by atoms with Crippen molar-refractivity contribution in [2.45, 2.75) is 12.5 Å². The Bertz CT molecular complexity index is 714. The zero-order valence-electron chi connectivity index (χ0n) is 13.0. The molecule has 1 fully saturated rings. The van der Waals surface area contributed by atoms with Gasteiger partial charge < -0.3 is 15.0 Å². The van der Waals surface area contributed by atoms with Crippen LogP contribution in [0.1, 0.15) is 17.3 Å². The third-order valence-electron chi connectivity index (χ3n) is 4.10. The van der Waals surface area contributed by atoms with Gasteiger partial charge in [-0.2, -0.15) is 0 Å². The second kappa shape index (κ2) is 6.42. The number of rotatable bonds is 4. The van der Waals surface area contributed by atoms with Crippen LogP contribution >= 0.6 is 11.3 Å². The molecule has 2 aromatic rings. The highest BCUT2D eigenvalue weighted by molar-refractivity contribution is 7.10. The van der Waals surface area contributed by atoms with Gasteiger partial charge in [0.05, 0.1) is 19.1 Å². The number of benzene rings is 1. The van der Waals surface area contributed by atoms with Gasteiger partial charge in [-0.15, -0.1) is 11.3 Å². The molecule has 2 amide bonds. The Balaban J connectivity index is 1.81. The molecule has 1 aromatic heterocycles. The van der Waals surface area contributed by atoms with Crippen molar-refractivity contribution in [3.8, 4) is 5.75 Å². The van der Waals surface area contributed by atoms with Crippen LogP contribution in [-0.2, 0) is 9.59 Å². The van der Waals surface area contributed by atoms with E-state index in [0.29, 0.717) is 11.4 Å². The number of carbonyl (C=O) groups is 2. The summed E-state index contributed by atoms with van der Waals surface area (Å²) in [6.45, 7) is 0. The van der Waals surface area contributed by atoms with Crippen molar-refractivity contribution in [1.82, 2.24) is 4.90 Å². The first-order valence-corrected chi connectivity index (χ1v) is 8.22. The SMILES string of the molecule is COc1cccc(NC(=O)C2CC(=O)N(C)C2c2cccs2)c1. The minimum absolute atomic E-state index is 0.00538. The lowest BCUT2D eigenvalue weighted by atomic mass is 9.98. The van der Waals surface area contributed by atoms with E-state index in [0.717, 1.165) is 4.88 Å².